The summed E-state index contributed by atoms with van der Waals surface area (Å²) in [5, 5.41) is 10.9. The topological polar surface area (TPSA) is 93.0 Å². The van der Waals surface area contributed by atoms with Crippen LogP contribution in [0.4, 0.5) is 11.4 Å². The number of non-ortho nitro benzene ring substituents is 1. The lowest BCUT2D eigenvalue weighted by Crippen LogP contribution is -2.38. The lowest BCUT2D eigenvalue weighted by atomic mass is 10.1. The molecule has 0 aliphatic carbocycles. The van der Waals surface area contributed by atoms with Crippen molar-refractivity contribution in [2.45, 2.75) is 19.3 Å². The number of anilines is 1. The van der Waals surface area contributed by atoms with Crippen LogP contribution in [0.5, 0.6) is 0 Å². The minimum atomic E-state index is -0.743. The first-order chi connectivity index (χ1) is 11.4. The summed E-state index contributed by atoms with van der Waals surface area (Å²) in [4.78, 5) is 38.0. The van der Waals surface area contributed by atoms with Gasteiger partial charge in [0.1, 0.15) is 0 Å². The van der Waals surface area contributed by atoms with Crippen LogP contribution in [0.1, 0.15) is 29.6 Å². The van der Waals surface area contributed by atoms with Crippen LogP contribution in [0.15, 0.2) is 18.2 Å². The van der Waals surface area contributed by atoms with Gasteiger partial charge in [0.15, 0.2) is 6.61 Å². The van der Waals surface area contributed by atoms with Crippen molar-refractivity contribution in [2.24, 2.45) is 0 Å². The van der Waals surface area contributed by atoms with E-state index >= 15 is 0 Å². The first kappa shape index (κ1) is 17.7. The average molecular weight is 335 g/mol. The van der Waals surface area contributed by atoms with Gasteiger partial charge in [-0.25, -0.2) is 4.79 Å². The van der Waals surface area contributed by atoms with Gasteiger partial charge in [-0.1, -0.05) is 0 Å². The second-order valence-corrected chi connectivity index (χ2v) is 5.87. The average Bonchev–Trinajstić information content (AvgIpc) is 2.59. The van der Waals surface area contributed by atoms with Crippen molar-refractivity contribution in [1.82, 2.24) is 4.90 Å². The summed E-state index contributed by atoms with van der Waals surface area (Å²) in [6.45, 7) is 1.00. The molecule has 0 saturated carbocycles. The zero-order valence-electron chi connectivity index (χ0n) is 13.9. The van der Waals surface area contributed by atoms with Crippen LogP contribution in [-0.4, -0.2) is 55.5 Å². The van der Waals surface area contributed by atoms with E-state index in [0.717, 1.165) is 19.3 Å². The van der Waals surface area contributed by atoms with Crippen molar-refractivity contribution < 1.29 is 19.2 Å². The highest BCUT2D eigenvalue weighted by molar-refractivity contribution is 5.97. The number of likely N-dealkylation sites (tertiary alicyclic amines) is 1. The fourth-order valence-electron chi connectivity index (χ4n) is 2.63. The number of amides is 1. The van der Waals surface area contributed by atoms with E-state index in [1.165, 1.54) is 18.2 Å². The zero-order valence-corrected chi connectivity index (χ0v) is 13.9. The zero-order chi connectivity index (χ0) is 17.7. The van der Waals surface area contributed by atoms with Gasteiger partial charge in [-0.15, -0.1) is 0 Å². The molecule has 0 spiro atoms. The molecule has 8 nitrogen and oxygen atoms in total. The Kier molecular flexibility index (Phi) is 5.73. The highest BCUT2D eigenvalue weighted by Gasteiger charge is 2.22. The third kappa shape index (κ3) is 4.21. The summed E-state index contributed by atoms with van der Waals surface area (Å²) in [5.74, 6) is -0.979. The molecular formula is C16H21N3O5. The van der Waals surface area contributed by atoms with Crippen molar-refractivity contribution in [2.75, 3.05) is 38.7 Å². The minimum absolute atomic E-state index is 0.0700. The van der Waals surface area contributed by atoms with Crippen LogP contribution in [0.25, 0.3) is 0 Å². The van der Waals surface area contributed by atoms with E-state index in [0.29, 0.717) is 18.8 Å². The van der Waals surface area contributed by atoms with E-state index in [1.54, 1.807) is 23.9 Å². The smallest absolute Gasteiger partial charge is 0.341 e. The van der Waals surface area contributed by atoms with Crippen LogP contribution < -0.4 is 4.90 Å². The molecule has 130 valence electrons. The lowest BCUT2D eigenvalue weighted by molar-refractivity contribution is -0.384. The number of nitrogens with zero attached hydrogens (tertiary/aromatic N) is 3. The molecule has 24 heavy (non-hydrogen) atoms. The molecule has 0 aromatic heterocycles. The highest BCUT2D eigenvalue weighted by Crippen LogP contribution is 2.25. The van der Waals surface area contributed by atoms with Crippen LogP contribution in [0.2, 0.25) is 0 Å². The molecule has 1 aromatic rings. The predicted molar refractivity (Wildman–Crippen MR) is 88.1 cm³/mol. The van der Waals surface area contributed by atoms with E-state index < -0.39 is 10.9 Å². The Bertz CT molecular complexity index is 639. The van der Waals surface area contributed by atoms with Gasteiger partial charge >= 0.3 is 5.97 Å². The van der Waals surface area contributed by atoms with Crippen molar-refractivity contribution in [3.63, 3.8) is 0 Å². The third-order valence-electron chi connectivity index (χ3n) is 3.93. The number of piperidine rings is 1. The van der Waals surface area contributed by atoms with Gasteiger partial charge in [-0.2, -0.15) is 0 Å². The SMILES string of the molecule is CN(C)c1ccc([N+](=O)[O-])cc1C(=O)OCC(=O)N1CCCCC1. The summed E-state index contributed by atoms with van der Waals surface area (Å²) in [5.41, 5.74) is 0.367. The maximum atomic E-state index is 12.3. The number of benzene rings is 1. The van der Waals surface area contributed by atoms with Crippen LogP contribution >= 0.6 is 0 Å². The van der Waals surface area contributed by atoms with Crippen LogP contribution in [0, 0.1) is 10.1 Å². The molecule has 1 aliphatic heterocycles. The number of hydrogen-bond donors (Lipinski definition) is 0. The van der Waals surface area contributed by atoms with E-state index in [-0.39, 0.29) is 23.8 Å². The Labute approximate surface area is 140 Å². The minimum Gasteiger partial charge on any atom is -0.452 e. The molecule has 8 heteroatoms. The molecule has 1 saturated heterocycles. The van der Waals surface area contributed by atoms with Gasteiger partial charge in [0.2, 0.25) is 0 Å². The molecule has 0 unspecified atom stereocenters. The number of ether oxygens (including phenoxy) is 1. The summed E-state index contributed by atoms with van der Waals surface area (Å²) >= 11 is 0. The van der Waals surface area contributed by atoms with Gasteiger partial charge in [0.05, 0.1) is 16.2 Å². The second-order valence-electron chi connectivity index (χ2n) is 5.87. The molecule has 1 aromatic carbocycles. The molecule has 2 rings (SSSR count). The molecular weight excluding hydrogens is 314 g/mol. The molecule has 0 bridgehead atoms. The highest BCUT2D eigenvalue weighted by atomic mass is 16.6. The summed E-state index contributed by atoms with van der Waals surface area (Å²) < 4.78 is 5.09. The maximum Gasteiger partial charge on any atom is 0.341 e. The summed E-state index contributed by atoms with van der Waals surface area (Å²) in [7, 11) is 3.44. The lowest BCUT2D eigenvalue weighted by Gasteiger charge is -2.26. The number of nitro benzene ring substituents is 1. The van der Waals surface area contributed by atoms with Crippen molar-refractivity contribution in [3.05, 3.63) is 33.9 Å². The number of carbonyl (C=O) groups is 2. The van der Waals surface area contributed by atoms with E-state index in [1.807, 2.05) is 0 Å². The van der Waals surface area contributed by atoms with Crippen molar-refractivity contribution in [3.8, 4) is 0 Å². The van der Waals surface area contributed by atoms with Crippen molar-refractivity contribution >= 4 is 23.3 Å². The first-order valence-corrected chi connectivity index (χ1v) is 7.81. The van der Waals surface area contributed by atoms with Crippen LogP contribution in [-0.2, 0) is 9.53 Å². The number of nitro groups is 1. The normalized spacial score (nSPS) is 14.2. The number of esters is 1. The Morgan fingerprint density at radius 1 is 1.25 bits per heavy atom. The number of rotatable bonds is 5. The summed E-state index contributed by atoms with van der Waals surface area (Å²) in [6.07, 6.45) is 3.01. The van der Waals surface area contributed by atoms with Crippen LogP contribution in [0.3, 0.4) is 0 Å². The quantitative estimate of drug-likeness (QED) is 0.463. The Hall–Kier alpha value is -2.64. The maximum absolute atomic E-state index is 12.3. The molecule has 0 radical (unpaired) electrons. The monoisotopic (exact) mass is 335 g/mol. The fraction of sp³-hybridized carbons (Fsp3) is 0.500. The van der Waals surface area contributed by atoms with E-state index in [2.05, 4.69) is 0 Å². The Morgan fingerprint density at radius 2 is 1.92 bits per heavy atom. The fourth-order valence-corrected chi connectivity index (χ4v) is 2.63. The van der Waals surface area contributed by atoms with Gasteiger partial charge in [-0.05, 0) is 25.3 Å². The van der Waals surface area contributed by atoms with Gasteiger partial charge in [0, 0.05) is 39.3 Å². The summed E-state index contributed by atoms with van der Waals surface area (Å²) in [6, 6.07) is 3.98. The Morgan fingerprint density at radius 3 is 2.50 bits per heavy atom. The first-order valence-electron chi connectivity index (χ1n) is 7.81. The third-order valence-corrected chi connectivity index (χ3v) is 3.93. The van der Waals surface area contributed by atoms with Crippen molar-refractivity contribution in [1.29, 1.82) is 0 Å². The van der Waals surface area contributed by atoms with Gasteiger partial charge in [0.25, 0.3) is 11.6 Å². The molecule has 1 aliphatic rings. The molecule has 1 heterocycles. The Balaban J connectivity index is 2.08. The molecule has 1 amide bonds. The molecule has 1 fully saturated rings. The number of hydrogen-bond acceptors (Lipinski definition) is 6. The van der Waals surface area contributed by atoms with Gasteiger partial charge < -0.3 is 14.5 Å². The van der Waals surface area contributed by atoms with E-state index in [9.17, 15) is 19.7 Å². The van der Waals surface area contributed by atoms with Gasteiger partial charge in [-0.3, -0.25) is 14.9 Å². The second kappa shape index (κ2) is 7.76. The standard InChI is InChI=1S/C16H21N3O5/c1-17(2)14-7-6-12(19(22)23)10-13(14)16(21)24-11-15(20)18-8-4-3-5-9-18/h6-7,10H,3-5,8-9,11H2,1-2H3. The van der Waals surface area contributed by atoms with E-state index in [4.69, 9.17) is 4.74 Å². The largest absolute Gasteiger partial charge is 0.452 e. The molecule has 0 atom stereocenters. The number of carbonyl (C=O) groups excluding carboxylic acids is 2. The predicted octanol–water partition coefficient (Wildman–Crippen LogP) is 1.83. The molecule has 0 N–H and O–H groups in total.